The van der Waals surface area contributed by atoms with E-state index in [0.717, 1.165) is 32.8 Å². The minimum atomic E-state index is 0.205. The molecule has 0 spiro atoms. The van der Waals surface area contributed by atoms with Gasteiger partial charge in [0.15, 0.2) is 0 Å². The summed E-state index contributed by atoms with van der Waals surface area (Å²) in [5.74, 6) is 0.475. The van der Waals surface area contributed by atoms with Crippen molar-refractivity contribution in [3.63, 3.8) is 0 Å². The molecule has 14 heavy (non-hydrogen) atoms. The van der Waals surface area contributed by atoms with E-state index in [1.54, 1.807) is 0 Å². The van der Waals surface area contributed by atoms with Gasteiger partial charge in [-0.25, -0.2) is 0 Å². The van der Waals surface area contributed by atoms with Gasteiger partial charge in [-0.3, -0.25) is 4.79 Å². The number of hydrogen-bond acceptors (Lipinski definition) is 3. The molecule has 4 nitrogen and oxygen atoms in total. The summed E-state index contributed by atoms with van der Waals surface area (Å²) in [4.78, 5) is 13.7. The van der Waals surface area contributed by atoms with Crippen LogP contribution in [0.15, 0.2) is 0 Å². The first kappa shape index (κ1) is 11.5. The molecular weight excluding hydrogens is 180 g/mol. The zero-order chi connectivity index (χ0) is 10.4. The normalized spacial score (nSPS) is 16.4. The summed E-state index contributed by atoms with van der Waals surface area (Å²) in [7, 11) is 0. The van der Waals surface area contributed by atoms with Crippen LogP contribution in [-0.2, 0) is 9.53 Å². The second-order valence-electron chi connectivity index (χ2n) is 3.47. The standard InChI is InChI=1S/C10H20N2O2/c1-3-12(5-6-14-4-2)10(13)9-7-11-8-9/h9,11H,3-8H2,1-2H3. The first-order valence-electron chi connectivity index (χ1n) is 5.36. The second-order valence-corrected chi connectivity index (χ2v) is 3.47. The number of hydrogen-bond donors (Lipinski definition) is 1. The van der Waals surface area contributed by atoms with Gasteiger partial charge in [-0.2, -0.15) is 0 Å². The molecule has 0 bridgehead atoms. The Balaban J connectivity index is 2.24. The molecule has 0 aromatic heterocycles. The van der Waals surface area contributed by atoms with Gasteiger partial charge in [0.25, 0.3) is 0 Å². The van der Waals surface area contributed by atoms with Gasteiger partial charge in [0.05, 0.1) is 12.5 Å². The van der Waals surface area contributed by atoms with Crippen molar-refractivity contribution in [3.8, 4) is 0 Å². The number of ether oxygens (including phenoxy) is 1. The average molecular weight is 200 g/mol. The largest absolute Gasteiger partial charge is 0.380 e. The first-order valence-corrected chi connectivity index (χ1v) is 5.36. The van der Waals surface area contributed by atoms with Crippen LogP contribution in [-0.4, -0.2) is 50.2 Å². The Morgan fingerprint density at radius 3 is 2.64 bits per heavy atom. The van der Waals surface area contributed by atoms with Crippen LogP contribution in [0.3, 0.4) is 0 Å². The molecule has 1 amide bonds. The van der Waals surface area contributed by atoms with E-state index in [2.05, 4.69) is 5.32 Å². The second kappa shape index (κ2) is 5.98. The number of likely N-dealkylation sites (N-methyl/N-ethyl adjacent to an activating group) is 1. The van der Waals surface area contributed by atoms with E-state index in [1.807, 2.05) is 18.7 Å². The van der Waals surface area contributed by atoms with Crippen molar-refractivity contribution < 1.29 is 9.53 Å². The lowest BCUT2D eigenvalue weighted by Gasteiger charge is -2.31. The Morgan fingerprint density at radius 2 is 2.21 bits per heavy atom. The molecule has 1 heterocycles. The van der Waals surface area contributed by atoms with Gasteiger partial charge < -0.3 is 15.0 Å². The highest BCUT2D eigenvalue weighted by molar-refractivity contribution is 5.80. The van der Waals surface area contributed by atoms with Crippen LogP contribution in [0.25, 0.3) is 0 Å². The summed E-state index contributed by atoms with van der Waals surface area (Å²) >= 11 is 0. The highest BCUT2D eigenvalue weighted by Gasteiger charge is 2.28. The minimum absolute atomic E-state index is 0.205. The van der Waals surface area contributed by atoms with E-state index in [-0.39, 0.29) is 11.8 Å². The van der Waals surface area contributed by atoms with Crippen molar-refractivity contribution in [2.75, 3.05) is 39.4 Å². The number of rotatable bonds is 6. The molecule has 1 fully saturated rings. The van der Waals surface area contributed by atoms with Crippen LogP contribution in [0, 0.1) is 5.92 Å². The maximum atomic E-state index is 11.8. The van der Waals surface area contributed by atoms with E-state index in [4.69, 9.17) is 4.74 Å². The molecule has 1 aliphatic rings. The van der Waals surface area contributed by atoms with Crippen LogP contribution in [0.2, 0.25) is 0 Å². The third kappa shape index (κ3) is 2.96. The van der Waals surface area contributed by atoms with Crippen LogP contribution < -0.4 is 5.32 Å². The van der Waals surface area contributed by atoms with Gasteiger partial charge in [-0.1, -0.05) is 0 Å². The van der Waals surface area contributed by atoms with Crippen LogP contribution in [0.1, 0.15) is 13.8 Å². The lowest BCUT2D eigenvalue weighted by Crippen LogP contribution is -2.52. The van der Waals surface area contributed by atoms with Crippen LogP contribution in [0.4, 0.5) is 0 Å². The SMILES string of the molecule is CCOCCN(CC)C(=O)C1CNC1. The van der Waals surface area contributed by atoms with Crippen molar-refractivity contribution in [3.05, 3.63) is 0 Å². The topological polar surface area (TPSA) is 41.6 Å². The van der Waals surface area contributed by atoms with Crippen molar-refractivity contribution in [1.82, 2.24) is 10.2 Å². The highest BCUT2D eigenvalue weighted by atomic mass is 16.5. The number of nitrogens with zero attached hydrogens (tertiary/aromatic N) is 1. The first-order chi connectivity index (χ1) is 6.79. The molecule has 4 heteroatoms. The Hall–Kier alpha value is -0.610. The predicted octanol–water partition coefficient (Wildman–Crippen LogP) is 0.0908. The molecule has 82 valence electrons. The highest BCUT2D eigenvalue weighted by Crippen LogP contribution is 2.07. The number of carbonyl (C=O) groups is 1. The third-order valence-corrected chi connectivity index (χ3v) is 2.53. The van der Waals surface area contributed by atoms with Gasteiger partial charge in [-0.15, -0.1) is 0 Å². The van der Waals surface area contributed by atoms with Gasteiger partial charge in [0.1, 0.15) is 0 Å². The molecule has 0 aliphatic carbocycles. The quantitative estimate of drug-likeness (QED) is 0.618. The van der Waals surface area contributed by atoms with Crippen molar-refractivity contribution in [2.24, 2.45) is 5.92 Å². The smallest absolute Gasteiger partial charge is 0.228 e. The maximum absolute atomic E-state index is 11.8. The van der Waals surface area contributed by atoms with E-state index in [9.17, 15) is 4.79 Å². The Bertz CT molecular complexity index is 181. The van der Waals surface area contributed by atoms with E-state index < -0.39 is 0 Å². The van der Waals surface area contributed by atoms with E-state index >= 15 is 0 Å². The molecule has 1 N–H and O–H groups in total. The minimum Gasteiger partial charge on any atom is -0.380 e. The predicted molar refractivity (Wildman–Crippen MR) is 55.1 cm³/mol. The number of carbonyl (C=O) groups excluding carboxylic acids is 1. The molecule has 0 atom stereocenters. The molecule has 1 rings (SSSR count). The Morgan fingerprint density at radius 1 is 1.50 bits per heavy atom. The zero-order valence-corrected chi connectivity index (χ0v) is 9.08. The fraction of sp³-hybridized carbons (Fsp3) is 0.900. The molecule has 0 aromatic rings. The summed E-state index contributed by atoms with van der Waals surface area (Å²) in [6.45, 7) is 8.52. The van der Waals surface area contributed by atoms with Gasteiger partial charge in [0.2, 0.25) is 5.91 Å². The fourth-order valence-corrected chi connectivity index (χ4v) is 1.46. The fourth-order valence-electron chi connectivity index (χ4n) is 1.46. The molecule has 0 aromatic carbocycles. The van der Waals surface area contributed by atoms with E-state index in [0.29, 0.717) is 6.61 Å². The number of nitrogens with one attached hydrogen (secondary N) is 1. The lowest BCUT2D eigenvalue weighted by atomic mass is 10.0. The molecular formula is C10H20N2O2. The monoisotopic (exact) mass is 200 g/mol. The van der Waals surface area contributed by atoms with Gasteiger partial charge in [-0.05, 0) is 13.8 Å². The lowest BCUT2D eigenvalue weighted by molar-refractivity contribution is -0.137. The van der Waals surface area contributed by atoms with Crippen molar-refractivity contribution in [1.29, 1.82) is 0 Å². The summed E-state index contributed by atoms with van der Waals surface area (Å²) in [6, 6.07) is 0. The van der Waals surface area contributed by atoms with Gasteiger partial charge in [0, 0.05) is 32.8 Å². The third-order valence-electron chi connectivity index (χ3n) is 2.53. The maximum Gasteiger partial charge on any atom is 0.228 e. The molecule has 0 radical (unpaired) electrons. The Labute approximate surface area is 85.6 Å². The van der Waals surface area contributed by atoms with Gasteiger partial charge >= 0.3 is 0 Å². The summed E-state index contributed by atoms with van der Waals surface area (Å²) in [5.41, 5.74) is 0. The molecule has 0 unspecified atom stereocenters. The molecule has 0 saturated carbocycles. The number of amides is 1. The summed E-state index contributed by atoms with van der Waals surface area (Å²) in [6.07, 6.45) is 0. The van der Waals surface area contributed by atoms with Crippen molar-refractivity contribution in [2.45, 2.75) is 13.8 Å². The average Bonchev–Trinajstić information content (AvgIpc) is 2.09. The van der Waals surface area contributed by atoms with Crippen LogP contribution in [0.5, 0.6) is 0 Å². The van der Waals surface area contributed by atoms with Crippen LogP contribution >= 0.6 is 0 Å². The zero-order valence-electron chi connectivity index (χ0n) is 9.08. The Kier molecular flexibility index (Phi) is 4.90. The molecule has 1 saturated heterocycles. The summed E-state index contributed by atoms with van der Waals surface area (Å²) < 4.78 is 5.24. The van der Waals surface area contributed by atoms with E-state index in [1.165, 1.54) is 0 Å². The summed E-state index contributed by atoms with van der Waals surface area (Å²) in [5, 5.41) is 3.11. The van der Waals surface area contributed by atoms with Crippen molar-refractivity contribution >= 4 is 5.91 Å². The molecule has 1 aliphatic heterocycles.